The number of aromatic nitrogens is 1. The molecule has 2 unspecified atom stereocenters. The van der Waals surface area contributed by atoms with Gasteiger partial charge in [-0.3, -0.25) is 4.79 Å². The minimum atomic E-state index is -0.566. The number of hydrogen-bond acceptors (Lipinski definition) is 4. The van der Waals surface area contributed by atoms with Crippen LogP contribution in [0.25, 0.3) is 22.2 Å². The van der Waals surface area contributed by atoms with Crippen molar-refractivity contribution in [2.45, 2.75) is 19.1 Å². The standard InChI is InChI=1S/C21H21N3O2/c1-13-6-8-14(9-7-13)18-10-16(15-4-2-3-5-17(15)23-18)21(26)24-19-11-22-12-20(19)25/h2-10,19-20,22,25H,11-12H2,1H3,(H,24,26). The topological polar surface area (TPSA) is 74.2 Å². The molecule has 3 aromatic rings. The molecule has 0 radical (unpaired) electrons. The Bertz CT molecular complexity index is 953. The van der Waals surface area contributed by atoms with Gasteiger partial charge in [-0.15, -0.1) is 0 Å². The number of benzene rings is 2. The molecule has 1 aliphatic rings. The van der Waals surface area contributed by atoms with Crippen molar-refractivity contribution in [1.82, 2.24) is 15.6 Å². The maximum atomic E-state index is 12.9. The van der Waals surface area contributed by atoms with E-state index < -0.39 is 6.10 Å². The van der Waals surface area contributed by atoms with Gasteiger partial charge in [0.15, 0.2) is 0 Å². The molecule has 0 bridgehead atoms. The fourth-order valence-electron chi connectivity index (χ4n) is 3.29. The average Bonchev–Trinajstić information content (AvgIpc) is 3.06. The lowest BCUT2D eigenvalue weighted by Gasteiger charge is -2.17. The number of carbonyl (C=O) groups excluding carboxylic acids is 1. The van der Waals surface area contributed by atoms with Crippen molar-refractivity contribution in [2.75, 3.05) is 13.1 Å². The number of aliphatic hydroxyl groups is 1. The van der Waals surface area contributed by atoms with Crippen LogP contribution in [0.4, 0.5) is 0 Å². The minimum Gasteiger partial charge on any atom is -0.390 e. The molecule has 1 saturated heterocycles. The van der Waals surface area contributed by atoms with Gasteiger partial charge in [0.2, 0.25) is 0 Å². The molecular formula is C21H21N3O2. The molecule has 1 aromatic heterocycles. The number of hydrogen-bond donors (Lipinski definition) is 3. The van der Waals surface area contributed by atoms with E-state index in [1.807, 2.05) is 61.5 Å². The van der Waals surface area contributed by atoms with E-state index in [1.165, 1.54) is 5.56 Å². The van der Waals surface area contributed by atoms with Crippen LogP contribution in [0.3, 0.4) is 0 Å². The van der Waals surface area contributed by atoms with Gasteiger partial charge in [-0.05, 0) is 19.1 Å². The second kappa shape index (κ2) is 6.86. The third-order valence-corrected chi connectivity index (χ3v) is 4.81. The molecule has 5 heteroatoms. The first kappa shape index (κ1) is 16.7. The number of nitrogens with zero attached hydrogens (tertiary/aromatic N) is 1. The highest BCUT2D eigenvalue weighted by Gasteiger charge is 2.27. The Morgan fingerprint density at radius 3 is 2.65 bits per heavy atom. The molecule has 2 heterocycles. The van der Waals surface area contributed by atoms with E-state index in [9.17, 15) is 9.90 Å². The Morgan fingerprint density at radius 2 is 1.92 bits per heavy atom. The number of β-amino-alcohol motifs (C(OH)–C–C–N with tert-alkyl or cyclic N) is 1. The van der Waals surface area contributed by atoms with Gasteiger partial charge in [-0.25, -0.2) is 4.98 Å². The molecular weight excluding hydrogens is 326 g/mol. The van der Waals surface area contributed by atoms with Gasteiger partial charge in [-0.2, -0.15) is 0 Å². The van der Waals surface area contributed by atoms with Gasteiger partial charge >= 0.3 is 0 Å². The second-order valence-corrected chi connectivity index (χ2v) is 6.74. The Morgan fingerprint density at radius 1 is 1.15 bits per heavy atom. The van der Waals surface area contributed by atoms with Crippen molar-refractivity contribution in [2.24, 2.45) is 0 Å². The molecule has 1 aliphatic heterocycles. The third-order valence-electron chi connectivity index (χ3n) is 4.81. The molecule has 1 amide bonds. The summed E-state index contributed by atoms with van der Waals surface area (Å²) >= 11 is 0. The van der Waals surface area contributed by atoms with Crippen molar-refractivity contribution >= 4 is 16.8 Å². The normalized spacial score (nSPS) is 19.6. The Balaban J connectivity index is 1.76. The number of aliphatic hydroxyl groups excluding tert-OH is 1. The first-order valence-corrected chi connectivity index (χ1v) is 8.78. The quantitative estimate of drug-likeness (QED) is 0.679. The molecule has 3 N–H and O–H groups in total. The van der Waals surface area contributed by atoms with Gasteiger partial charge in [0.25, 0.3) is 5.91 Å². The number of pyridine rings is 1. The maximum Gasteiger partial charge on any atom is 0.252 e. The molecule has 2 atom stereocenters. The summed E-state index contributed by atoms with van der Waals surface area (Å²) in [4.78, 5) is 17.6. The Kier molecular flexibility index (Phi) is 4.41. The van der Waals surface area contributed by atoms with Crippen LogP contribution in [0.5, 0.6) is 0 Å². The fraction of sp³-hybridized carbons (Fsp3) is 0.238. The van der Waals surface area contributed by atoms with Crippen molar-refractivity contribution < 1.29 is 9.90 Å². The van der Waals surface area contributed by atoms with Crippen LogP contribution < -0.4 is 10.6 Å². The smallest absolute Gasteiger partial charge is 0.252 e. The van der Waals surface area contributed by atoms with Crippen molar-refractivity contribution in [3.8, 4) is 11.3 Å². The Labute approximate surface area is 152 Å². The lowest BCUT2D eigenvalue weighted by atomic mass is 10.0. The highest BCUT2D eigenvalue weighted by molar-refractivity contribution is 6.07. The zero-order valence-electron chi connectivity index (χ0n) is 14.6. The summed E-state index contributed by atoms with van der Waals surface area (Å²) in [6, 6.07) is 17.3. The summed E-state index contributed by atoms with van der Waals surface area (Å²) in [7, 11) is 0. The van der Waals surface area contributed by atoms with Crippen molar-refractivity contribution in [3.63, 3.8) is 0 Å². The average molecular weight is 347 g/mol. The van der Waals surface area contributed by atoms with Crippen LogP contribution in [0.15, 0.2) is 54.6 Å². The molecule has 1 fully saturated rings. The zero-order valence-corrected chi connectivity index (χ0v) is 14.6. The highest BCUT2D eigenvalue weighted by atomic mass is 16.3. The lowest BCUT2D eigenvalue weighted by Crippen LogP contribution is -2.42. The molecule has 0 aliphatic carbocycles. The molecule has 5 nitrogen and oxygen atoms in total. The summed E-state index contributed by atoms with van der Waals surface area (Å²) < 4.78 is 0. The molecule has 132 valence electrons. The number of amides is 1. The van der Waals surface area contributed by atoms with Gasteiger partial charge < -0.3 is 15.7 Å². The van der Waals surface area contributed by atoms with Crippen LogP contribution >= 0.6 is 0 Å². The number of rotatable bonds is 3. The monoisotopic (exact) mass is 347 g/mol. The fourth-order valence-corrected chi connectivity index (χ4v) is 3.29. The second-order valence-electron chi connectivity index (χ2n) is 6.74. The van der Waals surface area contributed by atoms with E-state index in [1.54, 1.807) is 0 Å². The summed E-state index contributed by atoms with van der Waals surface area (Å²) in [6.07, 6.45) is -0.566. The molecule has 4 rings (SSSR count). The van der Waals surface area contributed by atoms with Crippen molar-refractivity contribution in [3.05, 3.63) is 65.7 Å². The van der Waals surface area contributed by atoms with Gasteiger partial charge in [0, 0.05) is 24.0 Å². The first-order chi connectivity index (χ1) is 12.6. The summed E-state index contributed by atoms with van der Waals surface area (Å²) in [6.45, 7) is 3.11. The number of nitrogens with one attached hydrogen (secondary N) is 2. The predicted molar refractivity (Wildman–Crippen MR) is 102 cm³/mol. The first-order valence-electron chi connectivity index (χ1n) is 8.78. The van der Waals surface area contributed by atoms with Gasteiger partial charge in [0.1, 0.15) is 0 Å². The molecule has 0 saturated carbocycles. The molecule has 0 spiro atoms. The molecule has 26 heavy (non-hydrogen) atoms. The van der Waals surface area contributed by atoms with Gasteiger partial charge in [-0.1, -0.05) is 48.0 Å². The lowest BCUT2D eigenvalue weighted by molar-refractivity contribution is 0.0890. The highest BCUT2D eigenvalue weighted by Crippen LogP contribution is 2.25. The minimum absolute atomic E-state index is 0.190. The van der Waals surface area contributed by atoms with E-state index in [0.717, 1.165) is 22.2 Å². The SMILES string of the molecule is Cc1ccc(-c2cc(C(=O)NC3CNCC3O)c3ccccc3n2)cc1. The van der Waals surface area contributed by atoms with Crippen LogP contribution in [0, 0.1) is 6.92 Å². The van der Waals surface area contributed by atoms with Crippen molar-refractivity contribution in [1.29, 1.82) is 0 Å². The maximum absolute atomic E-state index is 12.9. The van der Waals surface area contributed by atoms with E-state index in [2.05, 4.69) is 10.6 Å². The zero-order chi connectivity index (χ0) is 18.1. The van der Waals surface area contributed by atoms with Crippen LogP contribution in [-0.4, -0.2) is 41.2 Å². The Hall–Kier alpha value is -2.76. The number of carbonyl (C=O) groups is 1. The van der Waals surface area contributed by atoms with E-state index >= 15 is 0 Å². The largest absolute Gasteiger partial charge is 0.390 e. The number of fused-ring (bicyclic) bond motifs is 1. The van der Waals surface area contributed by atoms with Crippen LogP contribution in [-0.2, 0) is 0 Å². The third kappa shape index (κ3) is 3.19. The van der Waals surface area contributed by atoms with Gasteiger partial charge in [0.05, 0.1) is 28.9 Å². The summed E-state index contributed by atoms with van der Waals surface area (Å²) in [5.41, 5.74) is 4.26. The number of para-hydroxylation sites is 1. The van der Waals surface area contributed by atoms with Crippen LogP contribution in [0.2, 0.25) is 0 Å². The summed E-state index contributed by atoms with van der Waals surface area (Å²) in [5, 5.41) is 16.8. The predicted octanol–water partition coefficient (Wildman–Crippen LogP) is 2.27. The van der Waals surface area contributed by atoms with E-state index in [4.69, 9.17) is 4.98 Å². The molecule has 2 aromatic carbocycles. The van der Waals surface area contributed by atoms with E-state index in [-0.39, 0.29) is 11.9 Å². The van der Waals surface area contributed by atoms with E-state index in [0.29, 0.717) is 18.7 Å². The summed E-state index contributed by atoms with van der Waals surface area (Å²) in [5.74, 6) is -0.190. The van der Waals surface area contributed by atoms with Crippen LogP contribution in [0.1, 0.15) is 15.9 Å². The number of aryl methyl sites for hydroxylation is 1.